The number of nitrogens with zero attached hydrogens (tertiary/aromatic N) is 7. The van der Waals surface area contributed by atoms with E-state index in [1.165, 1.54) is 163 Å². The van der Waals surface area contributed by atoms with Crippen LogP contribution in [0.2, 0.25) is 0 Å². The number of ether oxygens (including phenoxy) is 1. The van der Waals surface area contributed by atoms with Gasteiger partial charge in [-0.05, 0) is 202 Å². The van der Waals surface area contributed by atoms with Gasteiger partial charge in [-0.3, -0.25) is 38.9 Å². The molecule has 5 N–H and O–H groups in total. The maximum Gasteiger partial charge on any atom is 0.222 e. The molecule has 0 spiro atoms. The average Bonchev–Trinajstić information content (AvgIpc) is 1.72. The maximum absolute atomic E-state index is 11.5. The molecule has 606 valence electrons. The Kier molecular flexibility index (Phi) is 51.9. The first kappa shape index (κ1) is 103. The lowest BCUT2D eigenvalue weighted by Crippen LogP contribution is -2.56. The van der Waals surface area contributed by atoms with Gasteiger partial charge in [-0.15, -0.1) is 0 Å². The van der Waals surface area contributed by atoms with E-state index in [0.29, 0.717) is 54.9 Å². The Morgan fingerprint density at radius 2 is 0.733 bits per heavy atom. The Morgan fingerprint density at radius 1 is 0.396 bits per heavy atom. The summed E-state index contributed by atoms with van der Waals surface area (Å²) in [7, 11) is 0. The van der Waals surface area contributed by atoms with Crippen molar-refractivity contribution in [3.8, 4) is 0 Å². The van der Waals surface area contributed by atoms with E-state index in [2.05, 4.69) is 248 Å². The minimum absolute atomic E-state index is 0.0522. The van der Waals surface area contributed by atoms with E-state index in [4.69, 9.17) is 4.74 Å². The zero-order chi connectivity index (χ0) is 79.0. The summed E-state index contributed by atoms with van der Waals surface area (Å²) in [5.74, 6) is 4.91. The van der Waals surface area contributed by atoms with Gasteiger partial charge in [0.1, 0.15) is 5.78 Å². The van der Waals surface area contributed by atoms with Crippen molar-refractivity contribution >= 4 is 17.6 Å². The summed E-state index contributed by atoms with van der Waals surface area (Å²) in [4.78, 5) is 52.6. The number of rotatable bonds is 13. The van der Waals surface area contributed by atoms with Gasteiger partial charge in [0.05, 0.1) is 19.9 Å². The molecule has 16 heteroatoms. The van der Waals surface area contributed by atoms with Crippen LogP contribution in [-0.4, -0.2) is 243 Å². The summed E-state index contributed by atoms with van der Waals surface area (Å²) >= 11 is 0. The monoisotopic (exact) mass is 1440 g/mol. The molecule has 0 saturated carbocycles. The number of piperazine rings is 4. The molecule has 1 atom stereocenters. The van der Waals surface area contributed by atoms with Crippen molar-refractivity contribution in [1.29, 1.82) is 0 Å². The van der Waals surface area contributed by atoms with E-state index in [1.807, 2.05) is 62.3 Å². The first-order valence-corrected chi connectivity index (χ1v) is 40.7. The van der Waals surface area contributed by atoms with E-state index in [-0.39, 0.29) is 44.6 Å². The van der Waals surface area contributed by atoms with Crippen molar-refractivity contribution < 1.29 is 19.1 Å². The molecular formula is C85H182N12O4. The molecule has 0 aliphatic carbocycles. The molecule has 6 saturated heterocycles. The van der Waals surface area contributed by atoms with Crippen LogP contribution in [0.5, 0.6) is 0 Å². The molecule has 6 heterocycles. The highest BCUT2D eigenvalue weighted by atomic mass is 16.5. The van der Waals surface area contributed by atoms with Crippen molar-refractivity contribution in [2.75, 3.05) is 164 Å². The molecule has 0 aromatic rings. The van der Waals surface area contributed by atoms with Gasteiger partial charge in [-0.25, -0.2) is 0 Å². The predicted molar refractivity (Wildman–Crippen MR) is 444 cm³/mol. The Balaban J connectivity index is -0.00000111. The quantitative estimate of drug-likeness (QED) is 0.112. The smallest absolute Gasteiger partial charge is 0.222 e. The van der Waals surface area contributed by atoms with Gasteiger partial charge >= 0.3 is 0 Å². The largest absolute Gasteiger partial charge is 0.380 e. The highest BCUT2D eigenvalue weighted by Crippen LogP contribution is 2.29. The second-order valence-corrected chi connectivity index (χ2v) is 41.9. The van der Waals surface area contributed by atoms with Gasteiger partial charge in [0.2, 0.25) is 11.8 Å². The van der Waals surface area contributed by atoms with E-state index >= 15 is 0 Å². The maximum atomic E-state index is 11.5. The van der Waals surface area contributed by atoms with E-state index < -0.39 is 0 Å². The fourth-order valence-corrected chi connectivity index (χ4v) is 11.4. The lowest BCUT2D eigenvalue weighted by Gasteiger charge is -2.43. The summed E-state index contributed by atoms with van der Waals surface area (Å²) in [6.45, 7) is 107. The first-order valence-electron chi connectivity index (χ1n) is 40.7. The number of Topliss-reactive ketones (excluding diaryl/α,β-unsaturated/α-hetero) is 1. The van der Waals surface area contributed by atoms with Crippen molar-refractivity contribution in [3.05, 3.63) is 0 Å². The van der Waals surface area contributed by atoms with Crippen molar-refractivity contribution in [1.82, 2.24) is 60.9 Å². The minimum atomic E-state index is -0.173. The second kappa shape index (κ2) is 50.7. The second-order valence-electron chi connectivity index (χ2n) is 41.9. The van der Waals surface area contributed by atoms with Crippen LogP contribution in [0, 0.1) is 51.2 Å². The number of ketones is 1. The number of piperidine rings is 1. The van der Waals surface area contributed by atoms with Crippen LogP contribution in [0.3, 0.4) is 0 Å². The van der Waals surface area contributed by atoms with E-state index in [9.17, 15) is 14.4 Å². The van der Waals surface area contributed by atoms with Gasteiger partial charge in [0.15, 0.2) is 0 Å². The standard InChI is InChI=1S/2C14H29N3.C13H28N4.C12H25NO2.C10H21NO.C10H20O.3C4H10/c1-14(2,3)17-8-4-13(5-9-17)12-16-10-6-15-7-11-16;1-14(2,3)17-9-5-13(12-17)4-8-16-10-6-15-7-11-16;1-13(2,3)17-10-8-16(9-11-17)12-15-6-4-14-5-7-15;1-11(2,3)9-15-8-7-10(14)13-12(4,5)6;1-9(2,3)7-8(12)11-10(4,5)6;1-9(2,3)7-8(11)10(4,5)6;3*1-4(2)3/h2*13,15H,4-12H2,1-3H3;14H,4-12H2,1-3H3;7-9H2,1-6H3,(H,13,14);7H2,1-6H3,(H,11,12);7H2,1-6H3;3*4H,1-3H3. The molecule has 6 aliphatic heterocycles. The van der Waals surface area contributed by atoms with Crippen molar-refractivity contribution in [2.45, 2.75) is 322 Å². The number of nitrogens with one attached hydrogen (secondary N) is 5. The molecule has 6 fully saturated rings. The Hall–Kier alpha value is -1.83. The molecular weight excluding hydrogens is 1250 g/mol. The van der Waals surface area contributed by atoms with Gasteiger partial charge in [-0.1, -0.05) is 145 Å². The summed E-state index contributed by atoms with van der Waals surface area (Å²) < 4.78 is 5.42. The fraction of sp³-hybridized carbons (Fsp3) is 0.965. The highest BCUT2D eigenvalue weighted by Gasteiger charge is 2.32. The molecule has 0 aromatic heterocycles. The summed E-state index contributed by atoms with van der Waals surface area (Å²) in [6, 6.07) is 0. The van der Waals surface area contributed by atoms with Crippen LogP contribution in [0.1, 0.15) is 294 Å². The van der Waals surface area contributed by atoms with Gasteiger partial charge in [-0.2, -0.15) is 0 Å². The minimum Gasteiger partial charge on any atom is -0.380 e. The van der Waals surface area contributed by atoms with Crippen molar-refractivity contribution in [3.63, 3.8) is 0 Å². The number of carbonyl (C=O) groups excluding carboxylic acids is 3. The first-order chi connectivity index (χ1) is 45.7. The molecule has 2 amide bonds. The molecule has 16 nitrogen and oxygen atoms in total. The van der Waals surface area contributed by atoms with Gasteiger partial charge in [0.25, 0.3) is 0 Å². The third-order valence-corrected chi connectivity index (χ3v) is 16.8. The summed E-state index contributed by atoms with van der Waals surface area (Å²) in [6.07, 6.45) is 7.28. The molecule has 0 radical (unpaired) electrons. The number of amides is 2. The SMILES string of the molecule is CC(C)(C)CC(=O)C(C)(C)C.CC(C)(C)CC(=O)NC(C)(C)C.CC(C)(C)COCCC(=O)NC(C)(C)C.CC(C)(C)N1CCC(CCN2CCNCC2)C1.CC(C)(C)N1CCC(CN2CCNCC2)CC1.CC(C)(C)N1CCN(CN2CCNCC2)CC1.CC(C)C.CC(C)C.CC(C)C. The molecule has 0 aromatic carbocycles. The number of hydrogen-bond donors (Lipinski definition) is 5. The fourth-order valence-electron chi connectivity index (χ4n) is 11.4. The lowest BCUT2D eigenvalue weighted by atomic mass is 9.80. The third kappa shape index (κ3) is 67.3. The average molecular weight is 1440 g/mol. The van der Waals surface area contributed by atoms with Crippen molar-refractivity contribution in [2.24, 2.45) is 51.2 Å². The lowest BCUT2D eigenvalue weighted by molar-refractivity contribution is -0.128. The number of likely N-dealkylation sites (tertiary alicyclic amines) is 2. The molecule has 6 aliphatic rings. The predicted octanol–water partition coefficient (Wildman–Crippen LogP) is 15.8. The zero-order valence-corrected chi connectivity index (χ0v) is 74.8. The Bertz CT molecular complexity index is 1930. The topological polar surface area (TPSA) is 143 Å². The number of carbonyl (C=O) groups is 3. The Labute approximate surface area is 631 Å². The summed E-state index contributed by atoms with van der Waals surface area (Å²) in [5.41, 5.74) is 1.00. The molecule has 101 heavy (non-hydrogen) atoms. The number of hydrogen-bond acceptors (Lipinski definition) is 14. The van der Waals surface area contributed by atoms with Crippen LogP contribution >= 0.6 is 0 Å². The zero-order valence-electron chi connectivity index (χ0n) is 74.8. The Morgan fingerprint density at radius 3 is 1.07 bits per heavy atom. The van der Waals surface area contributed by atoms with Gasteiger partial charge < -0.3 is 41.1 Å². The highest BCUT2D eigenvalue weighted by molar-refractivity contribution is 5.84. The van der Waals surface area contributed by atoms with Crippen LogP contribution in [0.15, 0.2) is 0 Å². The summed E-state index contributed by atoms with van der Waals surface area (Å²) in [5, 5.41) is 16.1. The van der Waals surface area contributed by atoms with E-state index in [0.717, 1.165) is 42.7 Å². The van der Waals surface area contributed by atoms with Crippen LogP contribution in [0.25, 0.3) is 0 Å². The third-order valence-electron chi connectivity index (χ3n) is 16.8. The van der Waals surface area contributed by atoms with Gasteiger partial charge in [0, 0.05) is 170 Å². The van der Waals surface area contributed by atoms with Crippen LogP contribution in [-0.2, 0) is 19.1 Å². The molecule has 0 bridgehead atoms. The normalized spacial score (nSPS) is 19.6. The van der Waals surface area contributed by atoms with Crippen LogP contribution < -0.4 is 26.6 Å². The van der Waals surface area contributed by atoms with E-state index in [1.54, 1.807) is 0 Å². The molecule has 1 unspecified atom stereocenters. The van der Waals surface area contributed by atoms with Crippen LogP contribution in [0.4, 0.5) is 0 Å². The molecule has 6 rings (SSSR count).